The van der Waals surface area contributed by atoms with Gasteiger partial charge in [0.25, 0.3) is 0 Å². The van der Waals surface area contributed by atoms with Crippen LogP contribution < -0.4 is 5.32 Å². The van der Waals surface area contributed by atoms with E-state index in [9.17, 15) is 0 Å². The first-order chi connectivity index (χ1) is 8.29. The third kappa shape index (κ3) is 3.27. The van der Waals surface area contributed by atoms with Crippen molar-refractivity contribution < 1.29 is 0 Å². The molecule has 0 aromatic heterocycles. The van der Waals surface area contributed by atoms with Gasteiger partial charge in [0.15, 0.2) is 0 Å². The molecule has 0 saturated heterocycles. The van der Waals surface area contributed by atoms with E-state index in [4.69, 9.17) is 0 Å². The van der Waals surface area contributed by atoms with E-state index in [0.717, 1.165) is 6.54 Å². The SMILES string of the molecule is CSc1ccccc1NCc1ccc(C)cc1. The third-order valence-electron chi connectivity index (χ3n) is 2.71. The second kappa shape index (κ2) is 5.78. The van der Waals surface area contributed by atoms with Crippen LogP contribution >= 0.6 is 11.8 Å². The van der Waals surface area contributed by atoms with Gasteiger partial charge in [0.05, 0.1) is 0 Å². The Morgan fingerprint density at radius 3 is 2.41 bits per heavy atom. The van der Waals surface area contributed by atoms with Gasteiger partial charge in [0.2, 0.25) is 0 Å². The Morgan fingerprint density at radius 2 is 1.71 bits per heavy atom. The van der Waals surface area contributed by atoms with Crippen molar-refractivity contribution in [2.75, 3.05) is 11.6 Å². The van der Waals surface area contributed by atoms with Gasteiger partial charge in [-0.15, -0.1) is 11.8 Å². The lowest BCUT2D eigenvalue weighted by atomic mass is 10.1. The van der Waals surface area contributed by atoms with E-state index in [-0.39, 0.29) is 0 Å². The van der Waals surface area contributed by atoms with Crippen molar-refractivity contribution in [1.29, 1.82) is 0 Å². The summed E-state index contributed by atoms with van der Waals surface area (Å²) in [6, 6.07) is 17.0. The second-order valence-electron chi connectivity index (χ2n) is 4.04. The molecule has 2 aromatic carbocycles. The zero-order valence-electron chi connectivity index (χ0n) is 10.2. The molecule has 2 aromatic rings. The minimum atomic E-state index is 0.873. The number of benzene rings is 2. The third-order valence-corrected chi connectivity index (χ3v) is 3.51. The molecule has 0 atom stereocenters. The summed E-state index contributed by atoms with van der Waals surface area (Å²) in [5.41, 5.74) is 3.82. The minimum Gasteiger partial charge on any atom is -0.380 e. The maximum Gasteiger partial charge on any atom is 0.0480 e. The molecule has 1 nitrogen and oxygen atoms in total. The van der Waals surface area contributed by atoms with Gasteiger partial charge >= 0.3 is 0 Å². The molecular weight excluding hydrogens is 226 g/mol. The largest absolute Gasteiger partial charge is 0.380 e. The van der Waals surface area contributed by atoms with Gasteiger partial charge in [-0.1, -0.05) is 42.0 Å². The van der Waals surface area contributed by atoms with Gasteiger partial charge in [-0.3, -0.25) is 0 Å². The Morgan fingerprint density at radius 1 is 1.00 bits per heavy atom. The van der Waals surface area contributed by atoms with Crippen LogP contribution in [0, 0.1) is 6.92 Å². The standard InChI is InChI=1S/C15H17NS/c1-12-7-9-13(10-8-12)11-16-14-5-3-4-6-15(14)17-2/h3-10,16H,11H2,1-2H3. The van der Waals surface area contributed by atoms with Gasteiger partial charge in [-0.25, -0.2) is 0 Å². The first-order valence-electron chi connectivity index (χ1n) is 5.72. The predicted octanol–water partition coefficient (Wildman–Crippen LogP) is 4.33. The number of hydrogen-bond acceptors (Lipinski definition) is 2. The van der Waals surface area contributed by atoms with Gasteiger partial charge in [-0.05, 0) is 30.9 Å². The van der Waals surface area contributed by atoms with Gasteiger partial charge in [0.1, 0.15) is 0 Å². The molecule has 0 aliphatic heterocycles. The molecule has 88 valence electrons. The molecular formula is C15H17NS. The number of anilines is 1. The van der Waals surface area contributed by atoms with E-state index < -0.39 is 0 Å². The minimum absolute atomic E-state index is 0.873. The van der Waals surface area contributed by atoms with Crippen molar-refractivity contribution in [2.24, 2.45) is 0 Å². The normalized spacial score (nSPS) is 10.2. The van der Waals surface area contributed by atoms with Crippen LogP contribution in [-0.2, 0) is 6.54 Å². The molecule has 0 fully saturated rings. The number of aryl methyl sites for hydroxylation is 1. The highest BCUT2D eigenvalue weighted by molar-refractivity contribution is 7.98. The number of rotatable bonds is 4. The van der Waals surface area contributed by atoms with Crippen LogP contribution in [-0.4, -0.2) is 6.26 Å². The van der Waals surface area contributed by atoms with Crippen molar-refractivity contribution >= 4 is 17.4 Å². The van der Waals surface area contributed by atoms with E-state index in [2.05, 4.69) is 67.0 Å². The van der Waals surface area contributed by atoms with Crippen LogP contribution in [0.5, 0.6) is 0 Å². The molecule has 17 heavy (non-hydrogen) atoms. The average molecular weight is 243 g/mol. The van der Waals surface area contributed by atoms with Crippen LogP contribution in [0.3, 0.4) is 0 Å². The molecule has 2 rings (SSSR count). The van der Waals surface area contributed by atoms with Crippen LogP contribution in [0.15, 0.2) is 53.4 Å². The van der Waals surface area contributed by atoms with Gasteiger partial charge < -0.3 is 5.32 Å². The molecule has 0 amide bonds. The van der Waals surface area contributed by atoms with Crippen molar-refractivity contribution in [2.45, 2.75) is 18.4 Å². The topological polar surface area (TPSA) is 12.0 Å². The molecule has 0 saturated carbocycles. The molecule has 1 N–H and O–H groups in total. The monoisotopic (exact) mass is 243 g/mol. The van der Waals surface area contributed by atoms with Crippen LogP contribution in [0.1, 0.15) is 11.1 Å². The highest BCUT2D eigenvalue weighted by atomic mass is 32.2. The fourth-order valence-corrected chi connectivity index (χ4v) is 2.27. The molecule has 0 aliphatic carbocycles. The van der Waals surface area contributed by atoms with Crippen molar-refractivity contribution in [1.82, 2.24) is 0 Å². The summed E-state index contributed by atoms with van der Waals surface area (Å²) >= 11 is 1.77. The first-order valence-corrected chi connectivity index (χ1v) is 6.94. The fourth-order valence-electron chi connectivity index (χ4n) is 1.69. The lowest BCUT2D eigenvalue weighted by molar-refractivity contribution is 1.13. The molecule has 0 aliphatic rings. The molecule has 0 bridgehead atoms. The van der Waals surface area contributed by atoms with E-state index in [1.54, 1.807) is 11.8 Å². The van der Waals surface area contributed by atoms with Gasteiger partial charge in [0, 0.05) is 17.1 Å². The van der Waals surface area contributed by atoms with E-state index in [0.29, 0.717) is 0 Å². The Balaban J connectivity index is 2.04. The zero-order chi connectivity index (χ0) is 12.1. The number of thioether (sulfide) groups is 1. The lowest BCUT2D eigenvalue weighted by Crippen LogP contribution is -2.00. The second-order valence-corrected chi connectivity index (χ2v) is 4.89. The summed E-state index contributed by atoms with van der Waals surface area (Å²) in [6.45, 7) is 2.98. The fraction of sp³-hybridized carbons (Fsp3) is 0.200. The lowest BCUT2D eigenvalue weighted by Gasteiger charge is -2.10. The Bertz CT molecular complexity index is 477. The number of hydrogen-bond donors (Lipinski definition) is 1. The maximum absolute atomic E-state index is 3.48. The molecule has 0 unspecified atom stereocenters. The highest BCUT2D eigenvalue weighted by Crippen LogP contribution is 2.24. The Kier molecular flexibility index (Phi) is 4.10. The highest BCUT2D eigenvalue weighted by Gasteiger charge is 1.99. The smallest absolute Gasteiger partial charge is 0.0480 e. The van der Waals surface area contributed by atoms with Crippen molar-refractivity contribution in [3.63, 3.8) is 0 Å². The quantitative estimate of drug-likeness (QED) is 0.802. The summed E-state index contributed by atoms with van der Waals surface area (Å²) in [7, 11) is 0. The number of para-hydroxylation sites is 1. The molecule has 2 heteroatoms. The maximum atomic E-state index is 3.48. The van der Waals surface area contributed by atoms with E-state index in [1.807, 2.05) is 0 Å². The van der Waals surface area contributed by atoms with E-state index in [1.165, 1.54) is 21.7 Å². The molecule has 0 spiro atoms. The summed E-state index contributed by atoms with van der Waals surface area (Å²) < 4.78 is 0. The summed E-state index contributed by atoms with van der Waals surface area (Å²) in [5, 5.41) is 3.48. The average Bonchev–Trinajstić information content (AvgIpc) is 2.38. The van der Waals surface area contributed by atoms with Crippen LogP contribution in [0.25, 0.3) is 0 Å². The summed E-state index contributed by atoms with van der Waals surface area (Å²) in [6.07, 6.45) is 2.10. The summed E-state index contributed by atoms with van der Waals surface area (Å²) in [5.74, 6) is 0. The number of nitrogens with one attached hydrogen (secondary N) is 1. The van der Waals surface area contributed by atoms with Crippen molar-refractivity contribution in [3.05, 3.63) is 59.7 Å². The molecule has 0 radical (unpaired) electrons. The zero-order valence-corrected chi connectivity index (χ0v) is 11.1. The molecule has 0 heterocycles. The van der Waals surface area contributed by atoms with Crippen molar-refractivity contribution in [3.8, 4) is 0 Å². The first kappa shape index (κ1) is 12.1. The Hall–Kier alpha value is -1.41. The Labute approximate surface area is 107 Å². The van der Waals surface area contributed by atoms with Crippen LogP contribution in [0.4, 0.5) is 5.69 Å². The predicted molar refractivity (Wildman–Crippen MR) is 76.7 cm³/mol. The van der Waals surface area contributed by atoms with Crippen LogP contribution in [0.2, 0.25) is 0 Å². The van der Waals surface area contributed by atoms with E-state index >= 15 is 0 Å². The van der Waals surface area contributed by atoms with Gasteiger partial charge in [-0.2, -0.15) is 0 Å². The summed E-state index contributed by atoms with van der Waals surface area (Å²) in [4.78, 5) is 1.29.